The van der Waals surface area contributed by atoms with Crippen LogP contribution in [-0.2, 0) is 18.6 Å². The summed E-state index contributed by atoms with van der Waals surface area (Å²) >= 11 is 0. The largest absolute Gasteiger partial charge is 0.470 e. The van der Waals surface area contributed by atoms with E-state index in [0.29, 0.717) is 36.8 Å². The maximum atomic E-state index is 12.2. The van der Waals surface area contributed by atoms with E-state index in [1.807, 2.05) is 0 Å². The molecule has 17 heteroatoms. The van der Waals surface area contributed by atoms with Crippen molar-refractivity contribution in [1.82, 2.24) is 29.1 Å². The van der Waals surface area contributed by atoms with E-state index in [1.165, 1.54) is 29.5 Å². The molecule has 2 fully saturated rings. The fourth-order valence-corrected chi connectivity index (χ4v) is 5.22. The van der Waals surface area contributed by atoms with Crippen LogP contribution in [-0.4, -0.2) is 68.4 Å². The number of phosphoric ester groups is 1. The van der Waals surface area contributed by atoms with Crippen LogP contribution in [0, 0.1) is 0 Å². The molecule has 3 aromatic rings. The lowest BCUT2D eigenvalue weighted by molar-refractivity contribution is -0.140. The van der Waals surface area contributed by atoms with Crippen LogP contribution in [0.3, 0.4) is 0 Å². The lowest BCUT2D eigenvalue weighted by Gasteiger charge is -2.31. The molecule has 0 saturated carbocycles. The minimum atomic E-state index is -5.01. The number of rotatable bonds is 7. The van der Waals surface area contributed by atoms with Gasteiger partial charge in [-0.2, -0.15) is 4.98 Å². The van der Waals surface area contributed by atoms with E-state index in [2.05, 4.69) is 19.9 Å². The molecular formula is C19H25N8O8P. The second-order valence-corrected chi connectivity index (χ2v) is 9.78. The third-order valence-corrected chi connectivity index (χ3v) is 6.78. The zero-order valence-corrected chi connectivity index (χ0v) is 19.7. The molecule has 2 aliphatic rings. The molecule has 2 aliphatic heterocycles. The van der Waals surface area contributed by atoms with Gasteiger partial charge in [0.05, 0.1) is 18.5 Å². The summed E-state index contributed by atoms with van der Waals surface area (Å²) in [6, 6.07) is 1.44. The number of aliphatic hydroxyl groups excluding tert-OH is 1. The molecule has 36 heavy (non-hydrogen) atoms. The highest BCUT2D eigenvalue weighted by Crippen LogP contribution is 2.44. The first-order valence-electron chi connectivity index (χ1n) is 11.1. The van der Waals surface area contributed by atoms with Crippen LogP contribution >= 0.6 is 7.82 Å². The van der Waals surface area contributed by atoms with Crippen molar-refractivity contribution < 1.29 is 33.5 Å². The van der Waals surface area contributed by atoms with Crippen LogP contribution in [0.2, 0.25) is 0 Å². The van der Waals surface area contributed by atoms with E-state index in [0.717, 1.165) is 0 Å². The Hall–Kier alpha value is -2.98. The Morgan fingerprint density at radius 3 is 2.47 bits per heavy atom. The smallest absolute Gasteiger partial charge is 0.388 e. The molecule has 3 aromatic heterocycles. The third-order valence-electron chi connectivity index (χ3n) is 6.26. The zero-order chi connectivity index (χ0) is 25.6. The molecule has 5 heterocycles. The third kappa shape index (κ3) is 4.84. The van der Waals surface area contributed by atoms with Gasteiger partial charge in [-0.1, -0.05) is 0 Å². The van der Waals surface area contributed by atoms with E-state index in [9.17, 15) is 24.3 Å². The predicted molar refractivity (Wildman–Crippen MR) is 122 cm³/mol. The molecule has 0 aromatic carbocycles. The summed E-state index contributed by atoms with van der Waals surface area (Å²) in [5, 5.41) is 11.1. The molecule has 0 amide bonds. The normalized spacial score (nSPS) is 26.4. The van der Waals surface area contributed by atoms with Crippen LogP contribution < -0.4 is 17.2 Å². The van der Waals surface area contributed by atoms with E-state index in [4.69, 9.17) is 25.5 Å². The first-order chi connectivity index (χ1) is 17.1. The van der Waals surface area contributed by atoms with Gasteiger partial charge >= 0.3 is 13.5 Å². The monoisotopic (exact) mass is 524 g/mol. The molecule has 0 bridgehead atoms. The molecule has 5 rings (SSSR count). The molecule has 6 atom stereocenters. The molecule has 2 unspecified atom stereocenters. The van der Waals surface area contributed by atoms with Gasteiger partial charge in [-0.15, -0.1) is 0 Å². The maximum Gasteiger partial charge on any atom is 0.470 e. The van der Waals surface area contributed by atoms with Crippen molar-refractivity contribution in [1.29, 1.82) is 0 Å². The van der Waals surface area contributed by atoms with Gasteiger partial charge in [-0.3, -0.25) is 13.7 Å². The molecule has 16 nitrogen and oxygen atoms in total. The van der Waals surface area contributed by atoms with Crippen molar-refractivity contribution in [2.75, 3.05) is 11.5 Å². The number of nitrogens with two attached hydrogens (primary N) is 2. The Kier molecular flexibility index (Phi) is 6.50. The van der Waals surface area contributed by atoms with Crippen molar-refractivity contribution >= 4 is 30.6 Å². The summed E-state index contributed by atoms with van der Waals surface area (Å²) < 4.78 is 31.5. The number of aliphatic hydroxyl groups is 1. The van der Waals surface area contributed by atoms with Crippen molar-refractivity contribution in [3.05, 3.63) is 35.4 Å². The summed E-state index contributed by atoms with van der Waals surface area (Å²) in [6.45, 7) is 0. The number of hydrogen-bond donors (Lipinski definition) is 5. The Bertz CT molecular complexity index is 1360. The van der Waals surface area contributed by atoms with E-state index >= 15 is 0 Å². The van der Waals surface area contributed by atoms with Gasteiger partial charge in [0.25, 0.3) is 0 Å². The van der Waals surface area contributed by atoms with Gasteiger partial charge in [-0.05, 0) is 31.7 Å². The number of fused-ring (bicyclic) bond motifs is 1. The number of nitrogens with zero attached hydrogens (tertiary/aromatic N) is 6. The van der Waals surface area contributed by atoms with Gasteiger partial charge in [0.15, 0.2) is 11.5 Å². The van der Waals surface area contributed by atoms with Crippen molar-refractivity contribution in [3.63, 3.8) is 0 Å². The zero-order valence-electron chi connectivity index (χ0n) is 18.8. The fourth-order valence-electron chi connectivity index (χ4n) is 4.64. The van der Waals surface area contributed by atoms with Gasteiger partial charge in [0.2, 0.25) is 0 Å². The molecule has 0 spiro atoms. The average Bonchev–Trinajstić information content (AvgIpc) is 3.56. The fraction of sp³-hybridized carbons (Fsp3) is 0.526. The maximum absolute atomic E-state index is 12.2. The number of nitrogen functional groups attached to an aromatic ring is 2. The molecule has 194 valence electrons. The van der Waals surface area contributed by atoms with Gasteiger partial charge in [0, 0.05) is 6.20 Å². The highest BCUT2D eigenvalue weighted by molar-refractivity contribution is 7.46. The van der Waals surface area contributed by atoms with E-state index in [-0.39, 0.29) is 11.6 Å². The number of ether oxygens (including phenoxy) is 2. The Balaban J connectivity index is 1.34. The van der Waals surface area contributed by atoms with Crippen LogP contribution in [0.5, 0.6) is 0 Å². The quantitative estimate of drug-likeness (QED) is 0.244. The summed E-state index contributed by atoms with van der Waals surface area (Å²) in [4.78, 5) is 47.2. The minimum absolute atomic E-state index is 0.0636. The molecule has 7 N–H and O–H groups in total. The molecular weight excluding hydrogens is 499 g/mol. The summed E-state index contributed by atoms with van der Waals surface area (Å²) in [5.74, 6) is 0.267. The number of hydrogen-bond acceptors (Lipinski definition) is 12. The number of anilines is 2. The van der Waals surface area contributed by atoms with Crippen molar-refractivity contribution in [3.8, 4) is 0 Å². The Morgan fingerprint density at radius 2 is 1.75 bits per heavy atom. The van der Waals surface area contributed by atoms with Crippen LogP contribution in [0.25, 0.3) is 11.2 Å². The second-order valence-electron chi connectivity index (χ2n) is 8.59. The first kappa shape index (κ1) is 24.7. The number of phosphoric acid groups is 1. The SMILES string of the molecule is Nc1ccn([C@H]2CC[C@@H](C(O)C(OP(=O)(O)O)[C@@H]3CC[C@H](n4cnc5c(N)ncnc54)O3)O2)c(=O)n1. The van der Waals surface area contributed by atoms with Crippen LogP contribution in [0.15, 0.2) is 29.7 Å². The van der Waals surface area contributed by atoms with Crippen molar-refractivity contribution in [2.45, 2.75) is 62.6 Å². The first-order valence-corrected chi connectivity index (χ1v) is 12.6. The van der Waals surface area contributed by atoms with E-state index in [1.54, 1.807) is 4.57 Å². The highest BCUT2D eigenvalue weighted by Gasteiger charge is 2.45. The van der Waals surface area contributed by atoms with Gasteiger partial charge < -0.3 is 35.8 Å². The topological polar surface area (TPSA) is 236 Å². The van der Waals surface area contributed by atoms with Crippen molar-refractivity contribution in [2.24, 2.45) is 0 Å². The predicted octanol–water partition coefficient (Wildman–Crippen LogP) is -0.558. The Labute approximate surface area is 203 Å². The second kappa shape index (κ2) is 9.48. The van der Waals surface area contributed by atoms with Crippen LogP contribution in [0.1, 0.15) is 38.1 Å². The highest BCUT2D eigenvalue weighted by atomic mass is 31.2. The summed E-state index contributed by atoms with van der Waals surface area (Å²) in [7, 11) is -5.01. The lowest BCUT2D eigenvalue weighted by atomic mass is 9.99. The minimum Gasteiger partial charge on any atom is -0.388 e. The van der Waals surface area contributed by atoms with Crippen LogP contribution in [0.4, 0.5) is 11.6 Å². The summed E-state index contributed by atoms with van der Waals surface area (Å²) in [6.07, 6.45) is -0.406. The molecule has 2 saturated heterocycles. The number of imidazole rings is 1. The van der Waals surface area contributed by atoms with E-state index < -0.39 is 50.4 Å². The average molecular weight is 524 g/mol. The standard InChI is InChI=1S/C19H25N8O8P/c20-11-5-6-26(19(29)25-11)12-3-1-9(33-12)15(28)16(35-36(30,31)32)10-2-4-13(34-10)27-8-24-14-17(21)22-7-23-18(14)27/h5-10,12-13,15-16,28H,1-4H2,(H2,20,25,29)(H2,21,22,23)(H2,30,31,32)/t9-,10-,12+,13+,15?,16?/m0/s1. The lowest BCUT2D eigenvalue weighted by Crippen LogP contribution is -2.45. The Morgan fingerprint density at radius 1 is 1.06 bits per heavy atom. The summed E-state index contributed by atoms with van der Waals surface area (Å²) in [5.41, 5.74) is 11.6. The number of aromatic nitrogens is 6. The molecule has 0 aliphatic carbocycles. The van der Waals surface area contributed by atoms with Gasteiger partial charge in [0.1, 0.15) is 42.3 Å². The van der Waals surface area contributed by atoms with Gasteiger partial charge in [-0.25, -0.2) is 24.3 Å². The molecule has 0 radical (unpaired) electrons.